The monoisotopic (exact) mass is 346 g/mol. The van der Waals surface area contributed by atoms with Gasteiger partial charge in [0, 0.05) is 32.2 Å². The van der Waals surface area contributed by atoms with Gasteiger partial charge in [0.25, 0.3) is 5.91 Å². The molecule has 0 unspecified atom stereocenters. The van der Waals surface area contributed by atoms with Crippen LogP contribution in [0.25, 0.3) is 0 Å². The highest BCUT2D eigenvalue weighted by Crippen LogP contribution is 2.32. The van der Waals surface area contributed by atoms with Crippen molar-refractivity contribution in [3.05, 3.63) is 35.4 Å². The van der Waals surface area contributed by atoms with Crippen molar-refractivity contribution in [1.29, 1.82) is 0 Å². The van der Waals surface area contributed by atoms with Crippen LogP contribution in [0.4, 0.5) is 0 Å². The predicted octanol–water partition coefficient (Wildman–Crippen LogP) is 0.977. The standard InChI is InChI=1S/C17H22N4O4/c1-12-9-14-15(25-8-7-24-14)10-13(12)17(22)18-4-3-16-20-19-11-21(16)5-6-23-2/h9-11H,3-8H2,1-2H3,(H,18,22). The lowest BCUT2D eigenvalue weighted by Crippen LogP contribution is -2.27. The highest BCUT2D eigenvalue weighted by molar-refractivity contribution is 5.96. The maximum atomic E-state index is 12.5. The summed E-state index contributed by atoms with van der Waals surface area (Å²) in [7, 11) is 1.65. The molecule has 1 aliphatic rings. The van der Waals surface area contributed by atoms with Gasteiger partial charge in [-0.15, -0.1) is 10.2 Å². The van der Waals surface area contributed by atoms with Gasteiger partial charge >= 0.3 is 0 Å². The summed E-state index contributed by atoms with van der Waals surface area (Å²) >= 11 is 0. The summed E-state index contributed by atoms with van der Waals surface area (Å²) in [6.07, 6.45) is 2.26. The molecule has 0 fully saturated rings. The first-order valence-corrected chi connectivity index (χ1v) is 8.23. The number of carbonyl (C=O) groups excluding carboxylic acids is 1. The lowest BCUT2D eigenvalue weighted by molar-refractivity contribution is 0.0952. The number of methoxy groups -OCH3 is 1. The molecular formula is C17H22N4O4. The number of aryl methyl sites for hydroxylation is 1. The van der Waals surface area contributed by atoms with Gasteiger partial charge in [-0.1, -0.05) is 0 Å². The van der Waals surface area contributed by atoms with Gasteiger partial charge in [0.05, 0.1) is 6.61 Å². The second-order valence-electron chi connectivity index (χ2n) is 5.75. The average molecular weight is 346 g/mol. The Kier molecular flexibility index (Phi) is 5.49. The zero-order chi connectivity index (χ0) is 17.6. The van der Waals surface area contributed by atoms with E-state index in [2.05, 4.69) is 15.5 Å². The Balaban J connectivity index is 1.59. The number of nitrogens with one attached hydrogen (secondary N) is 1. The Hall–Kier alpha value is -2.61. The molecule has 0 aliphatic carbocycles. The summed E-state index contributed by atoms with van der Waals surface area (Å²) < 4.78 is 18.1. The lowest BCUT2D eigenvalue weighted by atomic mass is 10.1. The van der Waals surface area contributed by atoms with Crippen molar-refractivity contribution in [3.63, 3.8) is 0 Å². The molecule has 1 aliphatic heterocycles. The fourth-order valence-corrected chi connectivity index (χ4v) is 2.67. The molecule has 8 nitrogen and oxygen atoms in total. The maximum absolute atomic E-state index is 12.5. The molecule has 0 saturated carbocycles. The summed E-state index contributed by atoms with van der Waals surface area (Å²) in [4.78, 5) is 12.5. The zero-order valence-corrected chi connectivity index (χ0v) is 14.4. The van der Waals surface area contributed by atoms with Crippen LogP contribution >= 0.6 is 0 Å². The van der Waals surface area contributed by atoms with Crippen LogP contribution in [0.1, 0.15) is 21.7 Å². The van der Waals surface area contributed by atoms with Gasteiger partial charge in [0.15, 0.2) is 11.5 Å². The van der Waals surface area contributed by atoms with Crippen LogP contribution in [0, 0.1) is 6.92 Å². The number of fused-ring (bicyclic) bond motifs is 1. The van der Waals surface area contributed by atoms with Crippen molar-refractivity contribution in [2.24, 2.45) is 0 Å². The van der Waals surface area contributed by atoms with E-state index in [0.29, 0.717) is 56.4 Å². The number of rotatable bonds is 7. The molecule has 2 heterocycles. The summed E-state index contributed by atoms with van der Waals surface area (Å²) in [6.45, 7) is 4.66. The van der Waals surface area contributed by atoms with Crippen LogP contribution in [-0.4, -0.2) is 54.1 Å². The largest absolute Gasteiger partial charge is 0.486 e. The predicted molar refractivity (Wildman–Crippen MR) is 90.1 cm³/mol. The van der Waals surface area contributed by atoms with E-state index >= 15 is 0 Å². The SMILES string of the molecule is COCCn1cnnc1CCNC(=O)c1cc2c(cc1C)OCCO2. The van der Waals surface area contributed by atoms with Gasteiger partial charge in [-0.25, -0.2) is 0 Å². The third-order valence-electron chi connectivity index (χ3n) is 4.00. The number of hydrogen-bond donors (Lipinski definition) is 1. The third-order valence-corrected chi connectivity index (χ3v) is 4.00. The molecular weight excluding hydrogens is 324 g/mol. The van der Waals surface area contributed by atoms with Gasteiger partial charge < -0.3 is 24.1 Å². The van der Waals surface area contributed by atoms with Gasteiger partial charge in [-0.05, 0) is 24.6 Å². The van der Waals surface area contributed by atoms with E-state index in [0.717, 1.165) is 11.4 Å². The van der Waals surface area contributed by atoms with E-state index in [1.54, 1.807) is 19.5 Å². The molecule has 1 amide bonds. The molecule has 1 aromatic heterocycles. The summed E-state index contributed by atoms with van der Waals surface area (Å²) in [6, 6.07) is 3.57. The molecule has 0 spiro atoms. The number of nitrogens with zero attached hydrogens (tertiary/aromatic N) is 3. The second kappa shape index (κ2) is 7.98. The normalized spacial score (nSPS) is 12.9. The lowest BCUT2D eigenvalue weighted by Gasteiger charge is -2.20. The van der Waals surface area contributed by atoms with Crippen LogP contribution in [0.15, 0.2) is 18.5 Å². The number of ether oxygens (including phenoxy) is 3. The van der Waals surface area contributed by atoms with Crippen molar-refractivity contribution in [2.45, 2.75) is 19.9 Å². The van der Waals surface area contributed by atoms with Crippen LogP contribution in [0.3, 0.4) is 0 Å². The van der Waals surface area contributed by atoms with E-state index in [9.17, 15) is 4.79 Å². The molecule has 0 bridgehead atoms. The highest BCUT2D eigenvalue weighted by Gasteiger charge is 2.18. The van der Waals surface area contributed by atoms with E-state index in [-0.39, 0.29) is 5.91 Å². The Labute approximate surface area is 146 Å². The molecule has 134 valence electrons. The number of hydrogen-bond acceptors (Lipinski definition) is 6. The van der Waals surface area contributed by atoms with Gasteiger partial charge in [0.1, 0.15) is 25.4 Å². The van der Waals surface area contributed by atoms with E-state index < -0.39 is 0 Å². The van der Waals surface area contributed by atoms with Crippen molar-refractivity contribution in [3.8, 4) is 11.5 Å². The first-order valence-electron chi connectivity index (χ1n) is 8.23. The number of carbonyl (C=O) groups is 1. The molecule has 0 atom stereocenters. The Morgan fingerprint density at radius 1 is 1.32 bits per heavy atom. The van der Waals surface area contributed by atoms with Crippen molar-refractivity contribution in [2.75, 3.05) is 33.5 Å². The quantitative estimate of drug-likeness (QED) is 0.804. The molecule has 2 aromatic rings. The second-order valence-corrected chi connectivity index (χ2v) is 5.75. The highest BCUT2D eigenvalue weighted by atomic mass is 16.6. The van der Waals surface area contributed by atoms with Crippen molar-refractivity contribution < 1.29 is 19.0 Å². The number of benzene rings is 1. The van der Waals surface area contributed by atoms with Gasteiger partial charge in [-0.3, -0.25) is 4.79 Å². The van der Waals surface area contributed by atoms with Crippen LogP contribution in [0.5, 0.6) is 11.5 Å². The first kappa shape index (κ1) is 17.2. The van der Waals surface area contributed by atoms with Crippen molar-refractivity contribution >= 4 is 5.91 Å². The minimum Gasteiger partial charge on any atom is -0.486 e. The molecule has 1 N–H and O–H groups in total. The van der Waals surface area contributed by atoms with Crippen molar-refractivity contribution in [1.82, 2.24) is 20.1 Å². The fraction of sp³-hybridized carbons (Fsp3) is 0.471. The van der Waals surface area contributed by atoms with Crippen LogP contribution < -0.4 is 14.8 Å². The van der Waals surface area contributed by atoms with Gasteiger partial charge in [-0.2, -0.15) is 0 Å². The summed E-state index contributed by atoms with van der Waals surface area (Å²) in [5, 5.41) is 10.9. The molecule has 0 saturated heterocycles. The minimum atomic E-state index is -0.141. The zero-order valence-electron chi connectivity index (χ0n) is 14.4. The van der Waals surface area contributed by atoms with Gasteiger partial charge in [0.2, 0.25) is 0 Å². The van der Waals surface area contributed by atoms with E-state index in [1.807, 2.05) is 17.6 Å². The average Bonchev–Trinajstić information content (AvgIpc) is 3.06. The fourth-order valence-electron chi connectivity index (χ4n) is 2.67. The third kappa shape index (κ3) is 4.08. The number of aromatic nitrogens is 3. The first-order chi connectivity index (χ1) is 12.2. The molecule has 0 radical (unpaired) electrons. The summed E-state index contributed by atoms with van der Waals surface area (Å²) in [5.41, 5.74) is 1.44. The molecule has 8 heteroatoms. The van der Waals surface area contributed by atoms with Crippen LogP contribution in [0.2, 0.25) is 0 Å². The topological polar surface area (TPSA) is 87.5 Å². The van der Waals surface area contributed by atoms with E-state index in [4.69, 9.17) is 14.2 Å². The van der Waals surface area contributed by atoms with E-state index in [1.165, 1.54) is 0 Å². The molecule has 1 aromatic carbocycles. The number of amides is 1. The molecule has 3 rings (SSSR count). The Bertz CT molecular complexity index is 744. The summed E-state index contributed by atoms with van der Waals surface area (Å²) in [5.74, 6) is 1.97. The smallest absolute Gasteiger partial charge is 0.251 e. The minimum absolute atomic E-state index is 0.141. The maximum Gasteiger partial charge on any atom is 0.251 e. The Morgan fingerprint density at radius 3 is 2.84 bits per heavy atom. The Morgan fingerprint density at radius 2 is 2.08 bits per heavy atom. The van der Waals surface area contributed by atoms with Crippen LogP contribution in [-0.2, 0) is 17.7 Å². The molecule has 25 heavy (non-hydrogen) atoms.